The van der Waals surface area contributed by atoms with Crippen LogP contribution in [0.25, 0.3) is 0 Å². The molecule has 2 saturated heterocycles. The minimum Gasteiger partial charge on any atom is -0.494 e. The molecule has 0 bridgehead atoms. The molecule has 220 valence electrons. The number of benzene rings is 2. The van der Waals surface area contributed by atoms with Gasteiger partial charge in [0.2, 0.25) is 5.95 Å². The molecule has 4 heterocycles. The highest BCUT2D eigenvalue weighted by Crippen LogP contribution is 2.44. The van der Waals surface area contributed by atoms with Gasteiger partial charge in [-0.1, -0.05) is 0 Å². The van der Waals surface area contributed by atoms with E-state index in [0.29, 0.717) is 24.5 Å². The van der Waals surface area contributed by atoms with Gasteiger partial charge in [-0.25, -0.2) is 18.7 Å². The van der Waals surface area contributed by atoms with Gasteiger partial charge in [0.1, 0.15) is 24.8 Å². The van der Waals surface area contributed by atoms with Gasteiger partial charge in [-0.15, -0.1) is 0 Å². The maximum Gasteiger partial charge on any atom is 0.227 e. The number of nitrogens with zero attached hydrogens (tertiary/aromatic N) is 6. The van der Waals surface area contributed by atoms with Gasteiger partial charge in [-0.2, -0.15) is 5.10 Å². The Hall–Kier alpha value is -4.45. The summed E-state index contributed by atoms with van der Waals surface area (Å²) in [5.74, 6) is -0.124. The van der Waals surface area contributed by atoms with Gasteiger partial charge in [-0.3, -0.25) is 4.68 Å². The van der Waals surface area contributed by atoms with E-state index in [-0.39, 0.29) is 29.2 Å². The molecule has 1 spiro atoms. The van der Waals surface area contributed by atoms with E-state index < -0.39 is 11.6 Å². The summed E-state index contributed by atoms with van der Waals surface area (Å²) in [6.07, 6.45) is 6.55. The minimum atomic E-state index is -0.792. The highest BCUT2D eigenvalue weighted by Gasteiger charge is 2.50. The summed E-state index contributed by atoms with van der Waals surface area (Å²) in [5, 5.41) is 7.45. The molecular formula is C30H33F2N7O3. The zero-order chi connectivity index (χ0) is 29.3. The van der Waals surface area contributed by atoms with Crippen molar-refractivity contribution >= 4 is 17.3 Å². The van der Waals surface area contributed by atoms with Gasteiger partial charge < -0.3 is 29.3 Å². The van der Waals surface area contributed by atoms with Crippen LogP contribution in [0.2, 0.25) is 0 Å². The third-order valence-electron chi connectivity index (χ3n) is 7.63. The lowest BCUT2D eigenvalue weighted by atomic mass is 9.73. The van der Waals surface area contributed by atoms with E-state index in [9.17, 15) is 8.78 Å². The fourth-order valence-corrected chi connectivity index (χ4v) is 5.70. The summed E-state index contributed by atoms with van der Waals surface area (Å²) < 4.78 is 47.7. The van der Waals surface area contributed by atoms with Gasteiger partial charge in [-0.05, 0) is 43.8 Å². The summed E-state index contributed by atoms with van der Waals surface area (Å²) in [5.41, 5.74) is 2.25. The second-order valence-electron chi connectivity index (χ2n) is 11.0. The number of halogens is 2. The number of aromatic nitrogens is 4. The normalized spacial score (nSPS) is 15.7. The second-order valence-corrected chi connectivity index (χ2v) is 11.0. The number of methoxy groups -OCH3 is 1. The predicted molar refractivity (Wildman–Crippen MR) is 154 cm³/mol. The Bertz CT molecular complexity index is 1540. The van der Waals surface area contributed by atoms with Gasteiger partial charge >= 0.3 is 0 Å². The molecule has 1 N–H and O–H groups in total. The fraction of sp³-hybridized carbons (Fsp3) is 0.367. The molecule has 2 aliphatic heterocycles. The van der Waals surface area contributed by atoms with Crippen molar-refractivity contribution in [1.29, 1.82) is 0 Å². The van der Waals surface area contributed by atoms with Gasteiger partial charge in [0.05, 0.1) is 37.3 Å². The Balaban J connectivity index is 1.12. The number of rotatable bonds is 11. The van der Waals surface area contributed by atoms with Crippen molar-refractivity contribution in [2.75, 3.05) is 57.2 Å². The number of anilines is 3. The maximum absolute atomic E-state index is 14.6. The molecule has 10 nitrogen and oxygen atoms in total. The standard InChI is InChI=1S/C30H33F2N7O3/c1-20-11-26(40-3)28(32)23(27(20)31)15-42-22-13-33-29(34-14-22)36-21-5-6-24(38-18-30(19-38)16-37(2)17-30)25(12-21)41-10-9-39-8-4-7-35-39/h4-8,11-14H,9-10,15-19H2,1-3H3,(H,33,34,36). The van der Waals surface area contributed by atoms with Gasteiger partial charge in [0.25, 0.3) is 0 Å². The van der Waals surface area contributed by atoms with Crippen LogP contribution in [0.1, 0.15) is 11.1 Å². The molecule has 2 aliphatic rings. The Morgan fingerprint density at radius 1 is 1.00 bits per heavy atom. The van der Waals surface area contributed by atoms with Crippen molar-refractivity contribution in [3.8, 4) is 17.2 Å². The lowest BCUT2D eigenvalue weighted by Crippen LogP contribution is -2.71. The minimum absolute atomic E-state index is 0.0386. The fourth-order valence-electron chi connectivity index (χ4n) is 5.70. The highest BCUT2D eigenvalue weighted by molar-refractivity contribution is 5.68. The number of aryl methyl sites for hydroxylation is 1. The molecular weight excluding hydrogens is 544 g/mol. The summed E-state index contributed by atoms with van der Waals surface area (Å²) in [6.45, 7) is 6.57. The molecule has 2 fully saturated rings. The van der Waals surface area contributed by atoms with Crippen LogP contribution in [0, 0.1) is 24.0 Å². The first-order valence-electron chi connectivity index (χ1n) is 13.7. The van der Waals surface area contributed by atoms with Crippen LogP contribution in [0.3, 0.4) is 0 Å². The molecule has 0 radical (unpaired) electrons. The molecule has 0 saturated carbocycles. The quantitative estimate of drug-likeness (QED) is 0.278. The van der Waals surface area contributed by atoms with E-state index in [0.717, 1.165) is 43.3 Å². The smallest absolute Gasteiger partial charge is 0.227 e. The Kier molecular flexibility index (Phi) is 7.55. The molecule has 6 rings (SSSR count). The number of likely N-dealkylation sites (tertiary alicyclic amines) is 1. The Morgan fingerprint density at radius 2 is 1.79 bits per heavy atom. The van der Waals surface area contributed by atoms with Crippen LogP contribution < -0.4 is 24.4 Å². The SMILES string of the molecule is COc1cc(C)c(F)c(COc2cnc(Nc3ccc(N4CC5(CN(C)C5)C4)c(OCCn4cccn4)c3)nc2)c1F. The van der Waals surface area contributed by atoms with Crippen molar-refractivity contribution in [3.63, 3.8) is 0 Å². The largest absolute Gasteiger partial charge is 0.494 e. The summed E-state index contributed by atoms with van der Waals surface area (Å²) >= 11 is 0. The van der Waals surface area contributed by atoms with E-state index in [1.165, 1.54) is 25.6 Å². The van der Waals surface area contributed by atoms with Crippen LogP contribution in [-0.4, -0.2) is 71.6 Å². The maximum atomic E-state index is 14.6. The van der Waals surface area contributed by atoms with Crippen LogP contribution in [0.4, 0.5) is 26.1 Å². The first-order chi connectivity index (χ1) is 20.3. The first-order valence-corrected chi connectivity index (χ1v) is 13.7. The van der Waals surface area contributed by atoms with E-state index >= 15 is 0 Å². The molecule has 0 atom stereocenters. The number of nitrogens with one attached hydrogen (secondary N) is 1. The van der Waals surface area contributed by atoms with E-state index in [4.69, 9.17) is 14.2 Å². The number of hydrogen-bond donors (Lipinski definition) is 1. The van der Waals surface area contributed by atoms with Crippen molar-refractivity contribution in [2.45, 2.75) is 20.1 Å². The number of ether oxygens (including phenoxy) is 3. The Morgan fingerprint density at radius 3 is 2.48 bits per heavy atom. The van der Waals surface area contributed by atoms with Crippen molar-refractivity contribution in [3.05, 3.63) is 77.9 Å². The van der Waals surface area contributed by atoms with E-state index in [2.05, 4.69) is 43.3 Å². The highest BCUT2D eigenvalue weighted by atomic mass is 19.1. The summed E-state index contributed by atoms with van der Waals surface area (Å²) in [4.78, 5) is 13.3. The third kappa shape index (κ3) is 5.67. The zero-order valence-electron chi connectivity index (χ0n) is 23.8. The summed E-state index contributed by atoms with van der Waals surface area (Å²) in [6, 6.07) is 9.17. The van der Waals surface area contributed by atoms with Gasteiger partial charge in [0, 0.05) is 55.7 Å². The second kappa shape index (κ2) is 11.4. The lowest BCUT2D eigenvalue weighted by molar-refractivity contribution is -0.00263. The lowest BCUT2D eigenvalue weighted by Gasteiger charge is -2.60. The summed E-state index contributed by atoms with van der Waals surface area (Å²) in [7, 11) is 3.48. The van der Waals surface area contributed by atoms with Crippen LogP contribution in [-0.2, 0) is 13.2 Å². The van der Waals surface area contributed by atoms with Crippen LogP contribution in [0.15, 0.2) is 55.1 Å². The van der Waals surface area contributed by atoms with Crippen LogP contribution in [0.5, 0.6) is 17.2 Å². The molecule has 2 aromatic carbocycles. The van der Waals surface area contributed by atoms with E-state index in [1.807, 2.05) is 29.1 Å². The first kappa shape index (κ1) is 27.7. The third-order valence-corrected chi connectivity index (χ3v) is 7.63. The zero-order valence-corrected chi connectivity index (χ0v) is 23.8. The topological polar surface area (TPSA) is 89.8 Å². The molecule has 42 heavy (non-hydrogen) atoms. The van der Waals surface area contributed by atoms with Crippen molar-refractivity contribution in [2.24, 2.45) is 5.41 Å². The number of hydrogen-bond acceptors (Lipinski definition) is 9. The molecule has 2 aromatic heterocycles. The molecule has 0 amide bonds. The molecule has 0 unspecified atom stereocenters. The average Bonchev–Trinajstić information content (AvgIpc) is 3.47. The monoisotopic (exact) mass is 577 g/mol. The molecule has 4 aromatic rings. The molecule has 12 heteroatoms. The molecule has 0 aliphatic carbocycles. The predicted octanol–water partition coefficient (Wildman–Crippen LogP) is 4.42. The van der Waals surface area contributed by atoms with Crippen molar-refractivity contribution < 1.29 is 23.0 Å². The van der Waals surface area contributed by atoms with Gasteiger partial charge in [0.15, 0.2) is 17.3 Å². The van der Waals surface area contributed by atoms with Crippen molar-refractivity contribution in [1.82, 2.24) is 24.6 Å². The average molecular weight is 578 g/mol. The van der Waals surface area contributed by atoms with E-state index in [1.54, 1.807) is 13.1 Å². The Labute approximate surface area is 242 Å². The van der Waals surface area contributed by atoms with Crippen LogP contribution >= 0.6 is 0 Å².